The molecular weight excluding hydrogens is 400 g/mol. The fourth-order valence-corrected chi connectivity index (χ4v) is 3.60. The number of nitrogens with one attached hydrogen (secondary N) is 1. The number of aromatic amines is 1. The maximum absolute atomic E-state index is 12.9. The van der Waals surface area contributed by atoms with Crippen molar-refractivity contribution in [3.8, 4) is 11.5 Å². The summed E-state index contributed by atoms with van der Waals surface area (Å²) in [6.45, 7) is 1.80. The smallest absolute Gasteiger partial charge is 0.274 e. The van der Waals surface area contributed by atoms with Crippen molar-refractivity contribution in [1.82, 2.24) is 39.7 Å². The summed E-state index contributed by atoms with van der Waals surface area (Å²) < 4.78 is 4.74. The molecule has 0 saturated heterocycles. The third kappa shape index (κ3) is 2.41. The minimum absolute atomic E-state index is 0.0709. The van der Waals surface area contributed by atoms with Crippen molar-refractivity contribution in [2.45, 2.75) is 13.1 Å². The zero-order chi connectivity index (χ0) is 17.7. The average molecular weight is 413 g/mol. The topological polar surface area (TPSA) is 97.0 Å². The summed E-state index contributed by atoms with van der Waals surface area (Å²) in [4.78, 5) is 14.7. The lowest BCUT2D eigenvalue weighted by atomic mass is 10.2. The molecule has 1 amide bonds. The number of pyridine rings is 1. The molecule has 0 radical (unpaired) electrons. The Kier molecular flexibility index (Phi) is 3.38. The number of hydrogen-bond donors (Lipinski definition) is 1. The number of amides is 1. The number of H-pyrrole nitrogens is 1. The molecule has 1 aliphatic heterocycles. The number of nitrogens with zero attached hydrogens (tertiary/aromatic N) is 7. The van der Waals surface area contributed by atoms with Crippen molar-refractivity contribution in [3.63, 3.8) is 0 Å². The van der Waals surface area contributed by atoms with Crippen LogP contribution in [0.25, 0.3) is 17.0 Å². The van der Waals surface area contributed by atoms with Crippen molar-refractivity contribution in [2.24, 2.45) is 0 Å². The number of aromatic nitrogens is 7. The predicted molar refractivity (Wildman–Crippen MR) is 95.2 cm³/mol. The second-order valence-electron chi connectivity index (χ2n) is 6.07. The largest absolute Gasteiger partial charge is 0.338 e. The van der Waals surface area contributed by atoms with Crippen LogP contribution in [0.4, 0.5) is 0 Å². The first-order valence-corrected chi connectivity index (χ1v) is 8.85. The highest BCUT2D eigenvalue weighted by atomic mass is 79.9. The Morgan fingerprint density at radius 1 is 1.19 bits per heavy atom. The van der Waals surface area contributed by atoms with Gasteiger partial charge in [-0.05, 0) is 51.5 Å². The molecule has 1 aliphatic rings. The molecule has 4 aromatic rings. The molecule has 0 atom stereocenters. The third-order valence-electron chi connectivity index (χ3n) is 4.52. The number of carbonyl (C=O) groups excluding carboxylic acids is 1. The lowest BCUT2D eigenvalue weighted by molar-refractivity contribution is 0.0705. The summed E-state index contributed by atoms with van der Waals surface area (Å²) >= 11 is 3.42. The van der Waals surface area contributed by atoms with Gasteiger partial charge >= 0.3 is 0 Å². The Balaban J connectivity index is 1.42. The maximum Gasteiger partial charge on any atom is 0.274 e. The Hall–Kier alpha value is -3.01. The van der Waals surface area contributed by atoms with E-state index in [-0.39, 0.29) is 5.91 Å². The molecule has 5 heterocycles. The average Bonchev–Trinajstić information content (AvgIpc) is 3.38. The Morgan fingerprint density at radius 3 is 2.96 bits per heavy atom. The van der Waals surface area contributed by atoms with Gasteiger partial charge in [0.25, 0.3) is 5.91 Å². The number of carbonyl (C=O) groups is 1. The van der Waals surface area contributed by atoms with Crippen LogP contribution in [0.5, 0.6) is 0 Å². The lowest BCUT2D eigenvalue weighted by Crippen LogP contribution is -2.38. The van der Waals surface area contributed by atoms with Gasteiger partial charge in [-0.1, -0.05) is 0 Å². The summed E-state index contributed by atoms with van der Waals surface area (Å²) in [5.74, 6) is 0.486. The van der Waals surface area contributed by atoms with E-state index in [0.29, 0.717) is 31.2 Å². The number of hydrogen-bond acceptors (Lipinski definition) is 5. The minimum atomic E-state index is -0.0709. The summed E-state index contributed by atoms with van der Waals surface area (Å²) in [5, 5.41) is 18.6. The number of rotatable bonds is 2. The van der Waals surface area contributed by atoms with Crippen molar-refractivity contribution < 1.29 is 4.79 Å². The van der Waals surface area contributed by atoms with Crippen LogP contribution in [-0.4, -0.2) is 52.2 Å². The fourth-order valence-electron chi connectivity index (χ4n) is 3.27. The summed E-state index contributed by atoms with van der Waals surface area (Å²) in [6, 6.07) is 9.61. The highest BCUT2D eigenvalue weighted by molar-refractivity contribution is 9.10. The van der Waals surface area contributed by atoms with Crippen molar-refractivity contribution >= 4 is 27.4 Å². The van der Waals surface area contributed by atoms with Gasteiger partial charge in [-0.3, -0.25) is 4.79 Å². The number of fused-ring (bicyclic) bond motifs is 2. The molecule has 0 bridgehead atoms. The molecule has 130 valence electrons. The molecule has 9 nitrogen and oxygen atoms in total. The first kappa shape index (κ1) is 15.3. The zero-order valence-electron chi connectivity index (χ0n) is 13.5. The van der Waals surface area contributed by atoms with E-state index in [2.05, 4.69) is 46.2 Å². The standard InChI is InChI=1S/C16H13BrN8O/c17-10-1-2-11-7-13(20-25(11)8-10)16(26)23-5-6-24-12(9-23)3-4-14(24)15-18-21-22-19-15/h1-4,7-8H,5-6,9H2,(H,18,19,21,22). The van der Waals surface area contributed by atoms with Crippen LogP contribution >= 0.6 is 15.9 Å². The molecule has 0 saturated carbocycles. The normalized spacial score (nSPS) is 14.0. The highest BCUT2D eigenvalue weighted by Gasteiger charge is 2.26. The summed E-state index contributed by atoms with van der Waals surface area (Å²) in [5.41, 5.74) is 3.27. The Labute approximate surface area is 155 Å². The molecule has 1 N–H and O–H groups in total. The van der Waals surface area contributed by atoms with Gasteiger partial charge in [0.05, 0.1) is 17.8 Å². The quantitative estimate of drug-likeness (QED) is 0.540. The minimum Gasteiger partial charge on any atom is -0.338 e. The SMILES string of the molecule is O=C(c1cc2ccc(Br)cn2n1)N1CCn2c(ccc2-c2nn[nH]n2)C1. The van der Waals surface area contributed by atoms with Crippen LogP contribution in [-0.2, 0) is 13.1 Å². The molecule has 26 heavy (non-hydrogen) atoms. The molecule has 5 rings (SSSR count). The van der Waals surface area contributed by atoms with Crippen molar-refractivity contribution in [1.29, 1.82) is 0 Å². The molecular formula is C16H13BrN8O. The summed E-state index contributed by atoms with van der Waals surface area (Å²) in [7, 11) is 0. The fraction of sp³-hybridized carbons (Fsp3) is 0.188. The molecule has 0 aromatic carbocycles. The van der Waals surface area contributed by atoms with Crippen LogP contribution in [0.1, 0.15) is 16.2 Å². The first-order chi connectivity index (χ1) is 12.7. The van der Waals surface area contributed by atoms with Gasteiger partial charge in [0, 0.05) is 29.5 Å². The highest BCUT2D eigenvalue weighted by Crippen LogP contribution is 2.24. The molecule has 10 heteroatoms. The van der Waals surface area contributed by atoms with Gasteiger partial charge in [0.2, 0.25) is 5.82 Å². The first-order valence-electron chi connectivity index (χ1n) is 8.05. The number of tetrazole rings is 1. The molecule has 0 spiro atoms. The molecule has 0 unspecified atom stereocenters. The maximum atomic E-state index is 12.9. The summed E-state index contributed by atoms with van der Waals surface area (Å²) in [6.07, 6.45) is 1.84. The van der Waals surface area contributed by atoms with Gasteiger partial charge in [-0.2, -0.15) is 10.3 Å². The number of halogens is 1. The van der Waals surface area contributed by atoms with Crippen LogP contribution in [0.3, 0.4) is 0 Å². The third-order valence-corrected chi connectivity index (χ3v) is 4.99. The van der Waals surface area contributed by atoms with E-state index >= 15 is 0 Å². The zero-order valence-corrected chi connectivity index (χ0v) is 15.1. The second-order valence-corrected chi connectivity index (χ2v) is 6.99. The predicted octanol–water partition coefficient (Wildman–Crippen LogP) is 1.73. The van der Waals surface area contributed by atoms with E-state index in [1.165, 1.54) is 0 Å². The van der Waals surface area contributed by atoms with Crippen molar-refractivity contribution in [2.75, 3.05) is 6.54 Å². The molecule has 4 aromatic heterocycles. The Bertz CT molecular complexity index is 1110. The monoisotopic (exact) mass is 412 g/mol. The van der Waals surface area contributed by atoms with E-state index in [1.54, 1.807) is 4.52 Å². The van der Waals surface area contributed by atoms with E-state index in [9.17, 15) is 4.79 Å². The van der Waals surface area contributed by atoms with Crippen LogP contribution in [0.15, 0.2) is 41.0 Å². The van der Waals surface area contributed by atoms with Crippen LogP contribution < -0.4 is 0 Å². The molecule has 0 aliphatic carbocycles. The molecule has 0 fully saturated rings. The van der Waals surface area contributed by atoms with E-state index in [0.717, 1.165) is 21.4 Å². The van der Waals surface area contributed by atoms with E-state index in [1.807, 2.05) is 41.4 Å². The van der Waals surface area contributed by atoms with Gasteiger partial charge in [-0.15, -0.1) is 10.2 Å². The van der Waals surface area contributed by atoms with Gasteiger partial charge in [0.1, 0.15) is 0 Å². The van der Waals surface area contributed by atoms with Gasteiger partial charge in [0.15, 0.2) is 5.69 Å². The second kappa shape index (κ2) is 5.77. The van der Waals surface area contributed by atoms with Crippen LogP contribution in [0, 0.1) is 0 Å². The van der Waals surface area contributed by atoms with E-state index in [4.69, 9.17) is 0 Å². The van der Waals surface area contributed by atoms with Crippen LogP contribution in [0.2, 0.25) is 0 Å². The van der Waals surface area contributed by atoms with Gasteiger partial charge < -0.3 is 9.47 Å². The Morgan fingerprint density at radius 2 is 2.12 bits per heavy atom. The lowest BCUT2D eigenvalue weighted by Gasteiger charge is -2.28. The van der Waals surface area contributed by atoms with Gasteiger partial charge in [-0.25, -0.2) is 4.52 Å². The van der Waals surface area contributed by atoms with E-state index < -0.39 is 0 Å². The van der Waals surface area contributed by atoms with Crippen molar-refractivity contribution in [3.05, 3.63) is 52.4 Å².